The Balaban J connectivity index is 1.78. The summed E-state index contributed by atoms with van der Waals surface area (Å²) in [5.41, 5.74) is 3.91. The molecule has 1 atom stereocenters. The molecule has 0 saturated heterocycles. The van der Waals surface area contributed by atoms with Gasteiger partial charge in [-0.05, 0) is 49.4 Å². The van der Waals surface area contributed by atoms with Crippen molar-refractivity contribution in [2.75, 3.05) is 18.9 Å². The normalized spacial score (nSPS) is 12.0. The molecule has 3 aromatic carbocycles. The average Bonchev–Trinajstić information content (AvgIpc) is 2.66. The molecule has 0 aromatic heterocycles. The van der Waals surface area contributed by atoms with E-state index in [1.807, 2.05) is 73.5 Å². The number of anilines is 1. The molecule has 0 radical (unpaired) electrons. The Bertz CT molecular complexity index is 877. The molecule has 1 N–H and O–H groups in total. The highest BCUT2D eigenvalue weighted by Crippen LogP contribution is 2.27. The summed E-state index contributed by atoms with van der Waals surface area (Å²) >= 11 is 0. The molecular formula is C23H23FN2O. The third-order valence-electron chi connectivity index (χ3n) is 4.47. The van der Waals surface area contributed by atoms with Crippen LogP contribution in [0.1, 0.15) is 22.7 Å². The predicted octanol–water partition coefficient (Wildman–Crippen LogP) is 4.79. The van der Waals surface area contributed by atoms with E-state index in [-0.39, 0.29) is 24.3 Å². The van der Waals surface area contributed by atoms with Crippen LogP contribution in [0, 0.1) is 12.7 Å². The van der Waals surface area contributed by atoms with E-state index in [1.54, 1.807) is 12.1 Å². The number of nitrogens with zero attached hydrogens (tertiary/aromatic N) is 1. The number of hydrogen-bond donors (Lipinski definition) is 1. The zero-order valence-electron chi connectivity index (χ0n) is 15.5. The molecule has 3 aromatic rings. The summed E-state index contributed by atoms with van der Waals surface area (Å²) in [7, 11) is 1.90. The van der Waals surface area contributed by atoms with Crippen molar-refractivity contribution in [2.24, 2.45) is 0 Å². The van der Waals surface area contributed by atoms with Gasteiger partial charge >= 0.3 is 0 Å². The number of hydrogen-bond acceptors (Lipinski definition) is 2. The Morgan fingerprint density at radius 3 is 2.15 bits per heavy atom. The number of carbonyl (C=O) groups excluding carboxylic acids is 1. The fourth-order valence-electron chi connectivity index (χ4n) is 3.14. The second-order valence-corrected chi connectivity index (χ2v) is 6.69. The molecule has 1 amide bonds. The van der Waals surface area contributed by atoms with Crippen LogP contribution in [0.25, 0.3) is 0 Å². The number of amides is 1. The summed E-state index contributed by atoms with van der Waals surface area (Å²) in [6.45, 7) is 2.22. The summed E-state index contributed by atoms with van der Waals surface area (Å²) in [4.78, 5) is 14.5. The number of rotatable bonds is 6. The van der Waals surface area contributed by atoms with Gasteiger partial charge in [0.1, 0.15) is 5.82 Å². The van der Waals surface area contributed by atoms with Crippen LogP contribution in [0.2, 0.25) is 0 Å². The van der Waals surface area contributed by atoms with E-state index in [4.69, 9.17) is 0 Å². The summed E-state index contributed by atoms with van der Waals surface area (Å²) in [5, 5.41) is 2.93. The summed E-state index contributed by atoms with van der Waals surface area (Å²) in [6, 6.07) is 23.9. The molecule has 4 heteroatoms. The molecular weight excluding hydrogens is 339 g/mol. The number of benzene rings is 3. The van der Waals surface area contributed by atoms with Crippen LogP contribution in [0.4, 0.5) is 10.1 Å². The molecule has 0 heterocycles. The van der Waals surface area contributed by atoms with E-state index in [2.05, 4.69) is 5.32 Å². The fraction of sp³-hybridized carbons (Fsp3) is 0.174. The predicted molar refractivity (Wildman–Crippen MR) is 107 cm³/mol. The van der Waals surface area contributed by atoms with Crippen LogP contribution in [0.5, 0.6) is 0 Å². The first kappa shape index (κ1) is 18.8. The van der Waals surface area contributed by atoms with E-state index in [1.165, 1.54) is 12.1 Å². The maximum absolute atomic E-state index is 13.4. The van der Waals surface area contributed by atoms with Crippen molar-refractivity contribution in [3.05, 3.63) is 101 Å². The van der Waals surface area contributed by atoms with Gasteiger partial charge in [0.15, 0.2) is 0 Å². The van der Waals surface area contributed by atoms with Crippen LogP contribution >= 0.6 is 0 Å². The second-order valence-electron chi connectivity index (χ2n) is 6.69. The van der Waals surface area contributed by atoms with Gasteiger partial charge < -0.3 is 5.32 Å². The molecule has 0 bridgehead atoms. The number of aryl methyl sites for hydroxylation is 1. The molecule has 138 valence electrons. The second kappa shape index (κ2) is 8.60. The third kappa shape index (κ3) is 5.02. The summed E-state index contributed by atoms with van der Waals surface area (Å²) in [6.07, 6.45) is 0. The molecule has 0 saturated carbocycles. The molecule has 0 fully saturated rings. The molecule has 27 heavy (non-hydrogen) atoms. The molecule has 3 rings (SSSR count). The maximum Gasteiger partial charge on any atom is 0.238 e. The monoisotopic (exact) mass is 362 g/mol. The van der Waals surface area contributed by atoms with Gasteiger partial charge in [-0.15, -0.1) is 0 Å². The summed E-state index contributed by atoms with van der Waals surface area (Å²) < 4.78 is 13.4. The van der Waals surface area contributed by atoms with E-state index in [0.717, 1.165) is 22.4 Å². The minimum absolute atomic E-state index is 0.0932. The van der Waals surface area contributed by atoms with Gasteiger partial charge in [0.2, 0.25) is 5.91 Å². The lowest BCUT2D eigenvalue weighted by Crippen LogP contribution is -2.34. The van der Waals surface area contributed by atoms with Gasteiger partial charge in [-0.3, -0.25) is 9.69 Å². The lowest BCUT2D eigenvalue weighted by molar-refractivity contribution is -0.117. The van der Waals surface area contributed by atoms with Crippen molar-refractivity contribution in [3.8, 4) is 0 Å². The van der Waals surface area contributed by atoms with Crippen LogP contribution in [-0.2, 0) is 4.79 Å². The Hall–Kier alpha value is -2.98. The molecule has 0 aliphatic rings. The number of carbonyl (C=O) groups is 1. The SMILES string of the molecule is Cc1ccc(NC(=O)CN(C)C(c2ccccc2)c2ccc(F)cc2)cc1. The number of halogens is 1. The zero-order valence-corrected chi connectivity index (χ0v) is 15.5. The highest BCUT2D eigenvalue weighted by Gasteiger charge is 2.21. The standard InChI is InChI=1S/C23H23FN2O/c1-17-8-14-21(15-9-17)25-22(27)16-26(2)23(18-6-4-3-5-7-18)19-10-12-20(24)13-11-19/h3-15,23H,16H2,1-2H3,(H,25,27). The Kier molecular flexibility index (Phi) is 5.99. The van der Waals surface area contributed by atoms with Crippen LogP contribution < -0.4 is 5.32 Å². The van der Waals surface area contributed by atoms with Crippen LogP contribution in [0.3, 0.4) is 0 Å². The van der Waals surface area contributed by atoms with Crippen molar-refractivity contribution >= 4 is 11.6 Å². The van der Waals surface area contributed by atoms with Crippen LogP contribution in [-0.4, -0.2) is 24.4 Å². The molecule has 0 aliphatic heterocycles. The van der Waals surface area contributed by atoms with E-state index in [0.29, 0.717) is 0 Å². The summed E-state index contributed by atoms with van der Waals surface area (Å²) in [5.74, 6) is -0.366. The van der Waals surface area contributed by atoms with Crippen molar-refractivity contribution < 1.29 is 9.18 Å². The average molecular weight is 362 g/mol. The molecule has 0 spiro atoms. The lowest BCUT2D eigenvalue weighted by Gasteiger charge is -2.28. The van der Waals surface area contributed by atoms with Gasteiger partial charge in [0.05, 0.1) is 12.6 Å². The minimum Gasteiger partial charge on any atom is -0.325 e. The van der Waals surface area contributed by atoms with Crippen molar-refractivity contribution in [1.29, 1.82) is 0 Å². The van der Waals surface area contributed by atoms with Gasteiger partial charge in [0, 0.05) is 5.69 Å². The zero-order chi connectivity index (χ0) is 19.2. The van der Waals surface area contributed by atoms with Crippen molar-refractivity contribution in [2.45, 2.75) is 13.0 Å². The minimum atomic E-state index is -0.273. The van der Waals surface area contributed by atoms with Crippen molar-refractivity contribution in [3.63, 3.8) is 0 Å². The molecule has 0 aliphatic carbocycles. The lowest BCUT2D eigenvalue weighted by atomic mass is 9.97. The number of likely N-dealkylation sites (N-methyl/N-ethyl adjacent to an activating group) is 1. The highest BCUT2D eigenvalue weighted by atomic mass is 19.1. The smallest absolute Gasteiger partial charge is 0.238 e. The fourth-order valence-corrected chi connectivity index (χ4v) is 3.14. The van der Waals surface area contributed by atoms with Gasteiger partial charge in [-0.25, -0.2) is 4.39 Å². The van der Waals surface area contributed by atoms with Gasteiger partial charge in [-0.1, -0.05) is 60.2 Å². The Morgan fingerprint density at radius 2 is 1.52 bits per heavy atom. The first-order valence-corrected chi connectivity index (χ1v) is 8.90. The van der Waals surface area contributed by atoms with Crippen LogP contribution in [0.15, 0.2) is 78.9 Å². The van der Waals surface area contributed by atoms with Crippen molar-refractivity contribution in [1.82, 2.24) is 4.90 Å². The Labute approximate surface area is 159 Å². The molecule has 3 nitrogen and oxygen atoms in total. The topological polar surface area (TPSA) is 32.3 Å². The first-order chi connectivity index (χ1) is 13.0. The van der Waals surface area contributed by atoms with E-state index >= 15 is 0 Å². The maximum atomic E-state index is 13.4. The third-order valence-corrected chi connectivity index (χ3v) is 4.47. The molecule has 1 unspecified atom stereocenters. The Morgan fingerprint density at radius 1 is 0.926 bits per heavy atom. The van der Waals surface area contributed by atoms with Gasteiger partial charge in [0.25, 0.3) is 0 Å². The van der Waals surface area contributed by atoms with E-state index < -0.39 is 0 Å². The van der Waals surface area contributed by atoms with Gasteiger partial charge in [-0.2, -0.15) is 0 Å². The quantitative estimate of drug-likeness (QED) is 0.683. The number of nitrogens with one attached hydrogen (secondary N) is 1. The largest absolute Gasteiger partial charge is 0.325 e. The van der Waals surface area contributed by atoms with E-state index in [9.17, 15) is 9.18 Å². The first-order valence-electron chi connectivity index (χ1n) is 8.90. The highest BCUT2D eigenvalue weighted by molar-refractivity contribution is 5.92.